The highest BCUT2D eigenvalue weighted by molar-refractivity contribution is 7.85. The summed E-state index contributed by atoms with van der Waals surface area (Å²) in [5.74, 6) is -2.77. The Labute approximate surface area is 97.9 Å². The first kappa shape index (κ1) is 17.9. The number of unbranched alkanes of at least 4 members (excludes halogenated alkanes) is 1. The summed E-state index contributed by atoms with van der Waals surface area (Å²) in [5, 5.41) is 23.8. The highest BCUT2D eigenvalue weighted by Gasteiger charge is 2.01. The summed E-state index contributed by atoms with van der Waals surface area (Å²) in [4.78, 5) is 19.1. The molecule has 0 atom stereocenters. The van der Waals surface area contributed by atoms with Crippen LogP contribution >= 0.6 is 0 Å². The number of aliphatic carboxylic acids is 2. The maximum atomic E-state index is 9.98. The molecule has 0 unspecified atom stereocenters. The van der Waals surface area contributed by atoms with Gasteiger partial charge in [0.05, 0.1) is 5.75 Å². The summed E-state index contributed by atoms with van der Waals surface area (Å²) >= 11 is 0. The Morgan fingerprint density at radius 1 is 1.00 bits per heavy atom. The Morgan fingerprint density at radius 2 is 1.41 bits per heavy atom. The van der Waals surface area contributed by atoms with Crippen LogP contribution in [0.1, 0.15) is 12.8 Å². The summed E-state index contributed by atoms with van der Waals surface area (Å²) in [7, 11) is -3.81. The van der Waals surface area contributed by atoms with Gasteiger partial charge in [-0.3, -0.25) is 4.55 Å². The van der Waals surface area contributed by atoms with E-state index in [1.54, 1.807) is 0 Å². The molecule has 0 aliphatic rings. The summed E-state index contributed by atoms with van der Waals surface area (Å²) in [5.41, 5.74) is 0. The van der Waals surface area contributed by atoms with Gasteiger partial charge in [-0.2, -0.15) is 8.42 Å². The van der Waals surface area contributed by atoms with E-state index >= 15 is 0 Å². The van der Waals surface area contributed by atoms with E-state index in [1.165, 1.54) is 0 Å². The molecule has 0 bridgehead atoms. The minimum Gasteiger partial charge on any atom is -0.478 e. The fourth-order valence-electron chi connectivity index (χ4n) is 0.539. The number of hydrogen-bond donors (Lipinski definition) is 4. The highest BCUT2D eigenvalue weighted by atomic mass is 32.2. The first-order valence-corrected chi connectivity index (χ1v) is 6.00. The van der Waals surface area contributed by atoms with Crippen LogP contribution in [0.4, 0.5) is 0 Å². The van der Waals surface area contributed by atoms with Gasteiger partial charge in [0.15, 0.2) is 0 Å². The van der Waals surface area contributed by atoms with Crippen LogP contribution in [0.25, 0.3) is 0 Å². The Kier molecular flexibility index (Phi) is 10.3. The molecule has 8 nitrogen and oxygen atoms in total. The molecule has 0 fully saturated rings. The van der Waals surface area contributed by atoms with Gasteiger partial charge in [-0.05, 0) is 12.8 Å². The van der Waals surface area contributed by atoms with Gasteiger partial charge in [0.1, 0.15) is 0 Å². The summed E-state index contributed by atoms with van der Waals surface area (Å²) in [6.07, 6.45) is 1.85. The number of aliphatic hydroxyl groups excluding tert-OH is 1. The Bertz CT molecular complexity index is 340. The molecule has 100 valence electrons. The smallest absolute Gasteiger partial charge is 0.328 e. The standard InChI is InChI=1S/C4H10O4S.C4H4O4/c5-3-1-2-4-9(6,7)8;5-3(6)1-2-4(7)8/h5H,1-4H2,(H,6,7,8);1-2H,(H,5,6)(H,7,8)/b;2-1-. The molecule has 0 heterocycles. The lowest BCUT2D eigenvalue weighted by Gasteiger charge is -1.92. The van der Waals surface area contributed by atoms with Crippen molar-refractivity contribution in [3.05, 3.63) is 12.2 Å². The van der Waals surface area contributed by atoms with Gasteiger partial charge in [0.25, 0.3) is 10.1 Å². The van der Waals surface area contributed by atoms with Crippen molar-refractivity contribution >= 4 is 22.1 Å². The van der Waals surface area contributed by atoms with E-state index in [2.05, 4.69) is 0 Å². The molecule has 0 amide bonds. The van der Waals surface area contributed by atoms with Gasteiger partial charge in [0, 0.05) is 18.8 Å². The lowest BCUT2D eigenvalue weighted by Crippen LogP contribution is -2.03. The van der Waals surface area contributed by atoms with Crippen LogP contribution in [0.3, 0.4) is 0 Å². The van der Waals surface area contributed by atoms with Gasteiger partial charge >= 0.3 is 11.9 Å². The zero-order valence-electron chi connectivity index (χ0n) is 8.81. The maximum absolute atomic E-state index is 9.98. The van der Waals surface area contributed by atoms with Crippen LogP contribution in [0, 0.1) is 0 Å². The van der Waals surface area contributed by atoms with Gasteiger partial charge in [0.2, 0.25) is 0 Å². The number of carbonyl (C=O) groups is 2. The molecule has 0 aromatic heterocycles. The molecule has 0 aliphatic carbocycles. The third-order valence-corrected chi connectivity index (χ3v) is 1.98. The normalized spacial score (nSPS) is 10.7. The highest BCUT2D eigenvalue weighted by Crippen LogP contribution is 1.91. The van der Waals surface area contributed by atoms with Crippen molar-refractivity contribution in [2.75, 3.05) is 12.4 Å². The molecule has 17 heavy (non-hydrogen) atoms. The van der Waals surface area contributed by atoms with E-state index in [1.807, 2.05) is 0 Å². The summed E-state index contributed by atoms with van der Waals surface area (Å²) < 4.78 is 28.1. The zero-order valence-corrected chi connectivity index (χ0v) is 9.63. The lowest BCUT2D eigenvalue weighted by atomic mass is 10.4. The first-order chi connectivity index (χ1) is 7.69. The molecule has 0 saturated carbocycles. The van der Waals surface area contributed by atoms with Gasteiger partial charge in [-0.25, -0.2) is 9.59 Å². The number of hydrogen-bond acceptors (Lipinski definition) is 5. The van der Waals surface area contributed by atoms with E-state index in [4.69, 9.17) is 19.9 Å². The van der Waals surface area contributed by atoms with E-state index in [-0.39, 0.29) is 12.4 Å². The second-order valence-electron chi connectivity index (χ2n) is 2.73. The van der Waals surface area contributed by atoms with Crippen molar-refractivity contribution in [1.29, 1.82) is 0 Å². The topological polar surface area (TPSA) is 149 Å². The maximum Gasteiger partial charge on any atom is 0.328 e. The third kappa shape index (κ3) is 25.1. The molecule has 0 rings (SSSR count). The molecular weight excluding hydrogens is 256 g/mol. The van der Waals surface area contributed by atoms with Crippen LogP contribution in [-0.2, 0) is 19.7 Å². The molecule has 0 aliphatic heterocycles. The zero-order chi connectivity index (χ0) is 13.9. The van der Waals surface area contributed by atoms with Crippen LogP contribution in [0.15, 0.2) is 12.2 Å². The molecule has 0 aromatic carbocycles. The fraction of sp³-hybridized carbons (Fsp3) is 0.500. The van der Waals surface area contributed by atoms with E-state index in [0.717, 1.165) is 0 Å². The molecule has 4 N–H and O–H groups in total. The molecule has 0 saturated heterocycles. The predicted octanol–water partition coefficient (Wildman–Crippen LogP) is -0.641. The number of carboxylic acid groups (broad SMARTS) is 2. The predicted molar refractivity (Wildman–Crippen MR) is 57.1 cm³/mol. The van der Waals surface area contributed by atoms with Crippen molar-refractivity contribution in [1.82, 2.24) is 0 Å². The molecule has 0 aromatic rings. The average molecular weight is 270 g/mol. The third-order valence-electron chi connectivity index (χ3n) is 1.18. The van der Waals surface area contributed by atoms with Crippen LogP contribution < -0.4 is 0 Å². The number of carboxylic acids is 2. The van der Waals surface area contributed by atoms with Crippen molar-refractivity contribution < 1.29 is 37.9 Å². The van der Waals surface area contributed by atoms with E-state index in [0.29, 0.717) is 25.0 Å². The molecule has 0 radical (unpaired) electrons. The second-order valence-corrected chi connectivity index (χ2v) is 4.30. The van der Waals surface area contributed by atoms with Crippen molar-refractivity contribution in [2.24, 2.45) is 0 Å². The van der Waals surface area contributed by atoms with Crippen LogP contribution in [0.2, 0.25) is 0 Å². The average Bonchev–Trinajstić information content (AvgIpc) is 2.14. The van der Waals surface area contributed by atoms with Gasteiger partial charge in [-0.1, -0.05) is 0 Å². The minimum atomic E-state index is -3.81. The first-order valence-electron chi connectivity index (χ1n) is 4.39. The Balaban J connectivity index is 0. The lowest BCUT2D eigenvalue weighted by molar-refractivity contribution is -0.134. The summed E-state index contributed by atoms with van der Waals surface area (Å²) in [6, 6.07) is 0. The molecule has 0 spiro atoms. The second kappa shape index (κ2) is 9.75. The number of rotatable bonds is 6. The van der Waals surface area contributed by atoms with Gasteiger partial charge in [-0.15, -0.1) is 0 Å². The van der Waals surface area contributed by atoms with E-state index in [9.17, 15) is 18.0 Å². The Morgan fingerprint density at radius 3 is 1.65 bits per heavy atom. The van der Waals surface area contributed by atoms with Crippen LogP contribution in [-0.4, -0.2) is 52.6 Å². The summed E-state index contributed by atoms with van der Waals surface area (Å²) in [6.45, 7) is -0.0322. The van der Waals surface area contributed by atoms with Crippen molar-refractivity contribution in [2.45, 2.75) is 12.8 Å². The minimum absolute atomic E-state index is 0.0322. The van der Waals surface area contributed by atoms with Gasteiger partial charge < -0.3 is 15.3 Å². The van der Waals surface area contributed by atoms with E-state index < -0.39 is 22.1 Å². The monoisotopic (exact) mass is 270 g/mol. The van der Waals surface area contributed by atoms with Crippen LogP contribution in [0.5, 0.6) is 0 Å². The van der Waals surface area contributed by atoms with Crippen molar-refractivity contribution in [3.63, 3.8) is 0 Å². The molecular formula is C8H14O8S. The molecule has 9 heteroatoms. The number of aliphatic hydroxyl groups is 1. The Hall–Kier alpha value is -1.45. The fourth-order valence-corrected chi connectivity index (χ4v) is 1.11. The van der Waals surface area contributed by atoms with Crippen molar-refractivity contribution in [3.8, 4) is 0 Å². The largest absolute Gasteiger partial charge is 0.478 e. The quantitative estimate of drug-likeness (QED) is 0.283. The SMILES string of the molecule is O=C(O)/C=C\C(=O)O.O=S(=O)(O)CCCCO.